The van der Waals surface area contributed by atoms with Crippen LogP contribution in [0.4, 0.5) is 0 Å². The van der Waals surface area contributed by atoms with Crippen molar-refractivity contribution < 1.29 is 9.90 Å². The third-order valence-electron chi connectivity index (χ3n) is 8.66. The summed E-state index contributed by atoms with van der Waals surface area (Å²) in [4.78, 5) is 11.9. The van der Waals surface area contributed by atoms with Gasteiger partial charge in [-0.3, -0.25) is 4.79 Å². The van der Waals surface area contributed by atoms with Crippen molar-refractivity contribution in [3.8, 4) is 12.3 Å². The summed E-state index contributed by atoms with van der Waals surface area (Å²) in [5.74, 6) is 6.18. The van der Waals surface area contributed by atoms with Gasteiger partial charge in [0.25, 0.3) is 0 Å². The minimum Gasteiger partial charge on any atom is -0.393 e. The predicted octanol–water partition coefficient (Wildman–Crippen LogP) is 3.82. The predicted molar refractivity (Wildman–Crippen MR) is 90.4 cm³/mol. The van der Waals surface area contributed by atoms with E-state index in [0.717, 1.165) is 32.1 Å². The van der Waals surface area contributed by atoms with Gasteiger partial charge in [0.15, 0.2) is 0 Å². The zero-order valence-corrected chi connectivity index (χ0v) is 14.6. The second-order valence-corrected chi connectivity index (χ2v) is 9.39. The first-order chi connectivity index (χ1) is 10.9. The van der Waals surface area contributed by atoms with Crippen LogP contribution in [-0.4, -0.2) is 17.0 Å². The van der Waals surface area contributed by atoms with E-state index in [1.54, 1.807) is 0 Å². The van der Waals surface area contributed by atoms with Gasteiger partial charge in [-0.2, -0.15) is 0 Å². The van der Waals surface area contributed by atoms with Crippen LogP contribution in [0.15, 0.2) is 0 Å². The highest BCUT2D eigenvalue weighted by molar-refractivity contribution is 5.79. The van der Waals surface area contributed by atoms with Gasteiger partial charge in [-0.1, -0.05) is 13.8 Å². The first-order valence-electron chi connectivity index (χ1n) is 9.56. The van der Waals surface area contributed by atoms with Gasteiger partial charge < -0.3 is 5.11 Å². The zero-order valence-electron chi connectivity index (χ0n) is 14.6. The van der Waals surface area contributed by atoms with Crippen LogP contribution in [0.1, 0.15) is 65.2 Å². The molecule has 2 nitrogen and oxygen atoms in total. The first-order valence-corrected chi connectivity index (χ1v) is 9.56. The maximum absolute atomic E-state index is 11.9. The summed E-state index contributed by atoms with van der Waals surface area (Å²) in [6.45, 7) is 4.74. The molecule has 4 aliphatic carbocycles. The van der Waals surface area contributed by atoms with Crippen LogP contribution in [0.25, 0.3) is 0 Å². The number of aliphatic hydroxyl groups is 1. The number of rotatable bonds is 0. The van der Waals surface area contributed by atoms with Gasteiger partial charge in [0.05, 0.1) is 6.10 Å². The molecule has 4 aliphatic rings. The van der Waals surface area contributed by atoms with Crippen molar-refractivity contribution in [1.82, 2.24) is 0 Å². The Hall–Kier alpha value is -0.810. The number of ketones is 1. The number of hydrogen-bond acceptors (Lipinski definition) is 2. The lowest BCUT2D eigenvalue weighted by Crippen LogP contribution is -2.54. The van der Waals surface area contributed by atoms with E-state index in [1.165, 1.54) is 19.3 Å². The fourth-order valence-electron chi connectivity index (χ4n) is 7.30. The summed E-state index contributed by atoms with van der Waals surface area (Å²) in [6, 6.07) is 0. The van der Waals surface area contributed by atoms with Crippen molar-refractivity contribution in [1.29, 1.82) is 0 Å². The smallest absolute Gasteiger partial charge is 0.133 e. The lowest BCUT2D eigenvalue weighted by molar-refractivity contribution is -0.143. The first kappa shape index (κ1) is 15.7. The summed E-state index contributed by atoms with van der Waals surface area (Å²) < 4.78 is 0. The lowest BCUT2D eigenvalue weighted by Gasteiger charge is -2.60. The quantitative estimate of drug-likeness (QED) is 0.690. The topological polar surface area (TPSA) is 37.3 Å². The molecule has 0 aromatic rings. The molecule has 0 bridgehead atoms. The highest BCUT2D eigenvalue weighted by atomic mass is 16.3. The molecule has 126 valence electrons. The Morgan fingerprint density at radius 2 is 1.96 bits per heavy atom. The molecule has 4 fully saturated rings. The largest absolute Gasteiger partial charge is 0.393 e. The van der Waals surface area contributed by atoms with Gasteiger partial charge in [-0.15, -0.1) is 12.3 Å². The number of fused-ring (bicyclic) bond motifs is 5. The minimum absolute atomic E-state index is 0.0197. The van der Waals surface area contributed by atoms with E-state index in [4.69, 9.17) is 6.42 Å². The lowest BCUT2D eigenvalue weighted by atomic mass is 9.44. The van der Waals surface area contributed by atoms with E-state index in [1.807, 2.05) is 0 Å². The summed E-state index contributed by atoms with van der Waals surface area (Å²) in [5, 5.41) is 10.7. The summed E-state index contributed by atoms with van der Waals surface area (Å²) >= 11 is 0. The molecule has 0 saturated heterocycles. The number of aliphatic hydroxyl groups excluding tert-OH is 1. The molecule has 8 atom stereocenters. The number of carbonyl (C=O) groups is 1. The van der Waals surface area contributed by atoms with Crippen molar-refractivity contribution >= 4 is 5.78 Å². The SMILES string of the molecule is C#CC1C[C@H](O)[C@@]2(C)CC[C@H]3[C@@H](CC[C@H]4CC(=O)CC[C@@]43C)[C@H]12. The highest BCUT2D eigenvalue weighted by Crippen LogP contribution is 2.67. The molecule has 0 heterocycles. The monoisotopic (exact) mass is 314 g/mol. The average molecular weight is 314 g/mol. The highest BCUT2D eigenvalue weighted by Gasteiger charge is 2.62. The summed E-state index contributed by atoms with van der Waals surface area (Å²) in [5.41, 5.74) is 0.344. The second kappa shape index (κ2) is 5.09. The molecule has 0 spiro atoms. The Kier molecular flexibility index (Phi) is 3.48. The molecule has 0 amide bonds. The van der Waals surface area contributed by atoms with E-state index in [9.17, 15) is 9.90 Å². The van der Waals surface area contributed by atoms with Gasteiger partial charge in [0.2, 0.25) is 0 Å². The van der Waals surface area contributed by atoms with E-state index in [0.29, 0.717) is 34.9 Å². The van der Waals surface area contributed by atoms with Crippen LogP contribution < -0.4 is 0 Å². The Morgan fingerprint density at radius 3 is 2.70 bits per heavy atom. The molecule has 2 heteroatoms. The van der Waals surface area contributed by atoms with Gasteiger partial charge in [-0.05, 0) is 73.0 Å². The normalized spacial score (nSPS) is 55.5. The minimum atomic E-state index is -0.229. The van der Waals surface area contributed by atoms with Crippen LogP contribution in [0.5, 0.6) is 0 Å². The number of terminal acetylenes is 1. The molecule has 1 N–H and O–H groups in total. The van der Waals surface area contributed by atoms with Crippen molar-refractivity contribution in [2.75, 3.05) is 0 Å². The Bertz CT molecular complexity index is 561. The average Bonchev–Trinajstić information content (AvgIpc) is 2.79. The van der Waals surface area contributed by atoms with E-state index in [2.05, 4.69) is 19.8 Å². The van der Waals surface area contributed by atoms with E-state index in [-0.39, 0.29) is 17.4 Å². The van der Waals surface area contributed by atoms with Crippen LogP contribution in [0.2, 0.25) is 0 Å². The zero-order chi connectivity index (χ0) is 16.4. The Morgan fingerprint density at radius 1 is 1.17 bits per heavy atom. The number of hydrogen-bond donors (Lipinski definition) is 1. The maximum Gasteiger partial charge on any atom is 0.133 e. The van der Waals surface area contributed by atoms with Crippen LogP contribution in [-0.2, 0) is 4.79 Å². The third kappa shape index (κ3) is 2.02. The van der Waals surface area contributed by atoms with Gasteiger partial charge in [0.1, 0.15) is 5.78 Å². The molecule has 4 rings (SSSR count). The van der Waals surface area contributed by atoms with Crippen molar-refractivity contribution in [2.24, 2.45) is 40.4 Å². The van der Waals surface area contributed by atoms with Crippen molar-refractivity contribution in [2.45, 2.75) is 71.3 Å². The molecule has 1 unspecified atom stereocenters. The van der Waals surface area contributed by atoms with Crippen LogP contribution in [0.3, 0.4) is 0 Å². The number of carbonyl (C=O) groups excluding carboxylic acids is 1. The van der Waals surface area contributed by atoms with Gasteiger partial charge >= 0.3 is 0 Å². The van der Waals surface area contributed by atoms with Gasteiger partial charge in [0, 0.05) is 18.8 Å². The van der Waals surface area contributed by atoms with Crippen molar-refractivity contribution in [3.63, 3.8) is 0 Å². The van der Waals surface area contributed by atoms with E-state index >= 15 is 0 Å². The molecule has 0 aliphatic heterocycles. The molecule has 0 aromatic carbocycles. The fraction of sp³-hybridized carbons (Fsp3) is 0.857. The van der Waals surface area contributed by atoms with Crippen LogP contribution >= 0.6 is 0 Å². The molecular formula is C21H30O2. The Labute approximate surface area is 140 Å². The molecule has 23 heavy (non-hydrogen) atoms. The Balaban J connectivity index is 1.68. The third-order valence-corrected chi connectivity index (χ3v) is 8.66. The van der Waals surface area contributed by atoms with Crippen LogP contribution in [0, 0.1) is 52.8 Å². The summed E-state index contributed by atoms with van der Waals surface area (Å²) in [6.07, 6.45) is 13.8. The maximum atomic E-state index is 11.9. The molecular weight excluding hydrogens is 284 g/mol. The van der Waals surface area contributed by atoms with Gasteiger partial charge in [-0.25, -0.2) is 0 Å². The molecule has 0 radical (unpaired) electrons. The summed E-state index contributed by atoms with van der Waals surface area (Å²) in [7, 11) is 0. The van der Waals surface area contributed by atoms with Crippen molar-refractivity contribution in [3.05, 3.63) is 0 Å². The molecule has 0 aromatic heterocycles. The van der Waals surface area contributed by atoms with E-state index < -0.39 is 0 Å². The fourth-order valence-corrected chi connectivity index (χ4v) is 7.30. The number of Topliss-reactive ketones (excluding diaryl/α,β-unsaturated/α-hetero) is 1. The molecule has 4 saturated carbocycles. The standard InChI is InChI=1S/C21H30O2/c1-4-13-11-18(23)21(3)10-8-17-16(19(13)21)6-5-14-12-15(22)7-9-20(14,17)2/h1,13-14,16-19,23H,5-12H2,2-3H3/t13?,14-,16+,17-,18-,19-,20-,21+/m0/s1. The second-order valence-electron chi connectivity index (χ2n) is 9.39.